The number of hydrogen-bond donors (Lipinski definition) is 0. The molecule has 0 aliphatic heterocycles. The first kappa shape index (κ1) is 49.2. The minimum atomic E-state index is -1.68. The molecule has 0 saturated heterocycles. The third-order valence-electron chi connectivity index (χ3n) is 19.5. The van der Waals surface area contributed by atoms with E-state index in [4.69, 9.17) is 0 Å². The van der Waals surface area contributed by atoms with Gasteiger partial charge in [0.05, 0.1) is 30.4 Å². The van der Waals surface area contributed by atoms with E-state index in [1.54, 1.807) is 0 Å². The zero-order valence-electron chi connectivity index (χ0n) is 40.5. The van der Waals surface area contributed by atoms with Crippen molar-refractivity contribution in [1.82, 2.24) is 0 Å². The molecule has 8 fully saturated rings. The van der Waals surface area contributed by atoms with E-state index in [9.17, 15) is 9.59 Å². The van der Waals surface area contributed by atoms with E-state index in [1.165, 1.54) is 77.0 Å². The Hall–Kier alpha value is 1.58. The van der Waals surface area contributed by atoms with Crippen LogP contribution in [0.2, 0.25) is 72.5 Å². The van der Waals surface area contributed by atoms with Crippen molar-refractivity contribution in [1.29, 1.82) is 0 Å². The van der Waals surface area contributed by atoms with Gasteiger partial charge in [-0.15, -0.1) is 0 Å². The van der Waals surface area contributed by atoms with Crippen LogP contribution in [0.3, 0.4) is 0 Å². The molecule has 8 bridgehead atoms. The van der Waals surface area contributed by atoms with Gasteiger partial charge < -0.3 is 9.59 Å². The second-order valence-corrected chi connectivity index (χ2v) is 72.7. The Bertz CT molecular complexity index is 1200. The van der Waals surface area contributed by atoms with Crippen LogP contribution in [0.25, 0.3) is 0 Å². The standard InChI is InChI=1S/2C23H45OSi3.Hg/c2*1-21(2,3)26(7,8)25(27(9,10)22(4,5)6)20(24)23-14-17-11-18(15-23)13-19(12-17)16-23;/h2*17-19H,11-16H2,1-10H3;. The molecule has 8 aliphatic carbocycles. The van der Waals surface area contributed by atoms with Crippen LogP contribution in [-0.2, 0) is 37.3 Å². The second-order valence-electron chi connectivity index (χ2n) is 27.3. The van der Waals surface area contributed by atoms with Crippen LogP contribution in [0.5, 0.6) is 0 Å². The molecule has 0 N–H and O–H groups in total. The minimum Gasteiger partial charge on any atom is -0.306 e. The molecular weight excluding hydrogens is 954 g/mol. The molecule has 0 aromatic heterocycles. The molecule has 9 heteroatoms. The van der Waals surface area contributed by atoms with Gasteiger partial charge in [0.15, 0.2) is 0 Å². The topological polar surface area (TPSA) is 34.1 Å². The van der Waals surface area contributed by atoms with Gasteiger partial charge in [0, 0.05) is 38.5 Å². The number of hydrogen-bond acceptors (Lipinski definition) is 2. The summed E-state index contributed by atoms with van der Waals surface area (Å²) in [7, 11) is -8.75. The fourth-order valence-electron chi connectivity index (χ4n) is 13.5. The summed E-state index contributed by atoms with van der Waals surface area (Å²) in [5.74, 6) is 5.26. The summed E-state index contributed by atoms with van der Waals surface area (Å²) in [5, 5.41) is 2.99. The number of carbonyl (C=O) groups excluding carboxylic acids is 2. The normalized spacial score (nSPS) is 33.8. The van der Waals surface area contributed by atoms with Crippen molar-refractivity contribution >= 4 is 56.8 Å². The predicted octanol–water partition coefficient (Wildman–Crippen LogP) is 14.0. The van der Waals surface area contributed by atoms with Gasteiger partial charge in [-0.3, -0.25) is 0 Å². The molecule has 2 radical (unpaired) electrons. The van der Waals surface area contributed by atoms with Crippen molar-refractivity contribution in [2.45, 2.75) is 233 Å². The van der Waals surface area contributed by atoms with Crippen molar-refractivity contribution < 1.29 is 37.3 Å². The third-order valence-corrected chi connectivity index (χ3v) is 90.7. The van der Waals surface area contributed by atoms with E-state index in [1.807, 2.05) is 0 Å². The van der Waals surface area contributed by atoms with E-state index < -0.39 is 46.0 Å². The van der Waals surface area contributed by atoms with Crippen LogP contribution < -0.4 is 0 Å². The quantitative estimate of drug-likeness (QED) is 0.227. The summed E-state index contributed by atoms with van der Waals surface area (Å²) in [6, 6.07) is 0. The summed E-state index contributed by atoms with van der Waals surface area (Å²) < 4.78 is 0. The Morgan fingerprint density at radius 3 is 0.655 bits per heavy atom. The van der Waals surface area contributed by atoms with Crippen LogP contribution in [0.4, 0.5) is 0 Å². The molecule has 2 nitrogen and oxygen atoms in total. The van der Waals surface area contributed by atoms with Gasteiger partial charge in [0.1, 0.15) is 26.5 Å². The second kappa shape index (κ2) is 15.4. The van der Waals surface area contributed by atoms with Gasteiger partial charge in [0.25, 0.3) is 0 Å². The van der Waals surface area contributed by atoms with Gasteiger partial charge in [-0.05, 0) is 133 Å². The molecule has 312 valence electrons. The minimum absolute atomic E-state index is 0. The molecule has 0 aromatic carbocycles. The first-order valence-electron chi connectivity index (χ1n) is 22.9. The fraction of sp³-hybridized carbons (Fsp3) is 0.957. The molecule has 0 aromatic rings. The largest absolute Gasteiger partial charge is 0.306 e. The van der Waals surface area contributed by atoms with Crippen molar-refractivity contribution in [3.05, 3.63) is 0 Å². The zero-order valence-corrected chi connectivity index (χ0v) is 52.0. The van der Waals surface area contributed by atoms with Crippen LogP contribution in [0.1, 0.15) is 160 Å². The first-order valence-corrected chi connectivity index (χ1v) is 41.9. The summed E-state index contributed by atoms with van der Waals surface area (Å²) in [6.07, 6.45) is 16.2. The molecule has 0 amide bonds. The third kappa shape index (κ3) is 8.68. The van der Waals surface area contributed by atoms with E-state index in [0.717, 1.165) is 46.3 Å². The summed E-state index contributed by atoms with van der Waals surface area (Å²) >= 11 is 0. The Labute approximate surface area is 370 Å². The van der Waals surface area contributed by atoms with Gasteiger partial charge in [-0.25, -0.2) is 0 Å². The first-order chi connectivity index (χ1) is 24.0. The maximum atomic E-state index is 14.7. The monoisotopic (exact) mass is 1040 g/mol. The Morgan fingerprint density at radius 1 is 0.382 bits per heavy atom. The molecule has 0 spiro atoms. The summed E-state index contributed by atoms with van der Waals surface area (Å²) in [4.78, 5) is 29.4. The molecular formula is C46H90HgO2Si6. The molecule has 8 saturated carbocycles. The van der Waals surface area contributed by atoms with Gasteiger partial charge in [-0.1, -0.05) is 135 Å². The molecule has 8 rings (SSSR count). The van der Waals surface area contributed by atoms with Gasteiger partial charge >= 0.3 is 0 Å². The summed E-state index contributed by atoms with van der Waals surface area (Å²) in [6.45, 7) is 50.2. The van der Waals surface area contributed by atoms with Crippen LogP contribution in [0, 0.1) is 46.3 Å². The van der Waals surface area contributed by atoms with Crippen LogP contribution >= 0.6 is 0 Å². The smallest absolute Gasteiger partial charge is 0.119 e. The van der Waals surface area contributed by atoms with E-state index in [2.05, 4.69) is 135 Å². The number of carbonyl (C=O) groups is 2. The Kier molecular flexibility index (Phi) is 13.8. The zero-order chi connectivity index (χ0) is 41.3. The van der Waals surface area contributed by atoms with Crippen molar-refractivity contribution in [3.8, 4) is 0 Å². The summed E-state index contributed by atoms with van der Waals surface area (Å²) in [5.41, 5.74) is 0.210. The van der Waals surface area contributed by atoms with Crippen LogP contribution in [0.15, 0.2) is 0 Å². The molecule has 0 unspecified atom stereocenters. The fourth-order valence-corrected chi connectivity index (χ4v) is 93.6. The SMILES string of the molecule is CC(C)(C)[Si](C)(C)[Si](C(=O)C12CC3CC(CC(C3)C1)C2)[Si](C)(C)C(C)(C)C.CC(C)(C)[Si](C)(C)[Si](C(=O)C12CC3CC(CC(C3)C1)C2)[Si](C)(C)C(C)(C)C.[Hg]. The molecule has 55 heavy (non-hydrogen) atoms. The average molecular weight is 1040 g/mol. The maximum absolute atomic E-state index is 14.7. The van der Waals surface area contributed by atoms with E-state index >= 15 is 0 Å². The Morgan fingerprint density at radius 2 is 0.527 bits per heavy atom. The van der Waals surface area contributed by atoms with Crippen LogP contribution in [-0.4, -0.2) is 56.8 Å². The average Bonchev–Trinajstić information content (AvgIpc) is 2.93. The maximum Gasteiger partial charge on any atom is 0.119 e. The van der Waals surface area contributed by atoms with Gasteiger partial charge in [-0.2, -0.15) is 0 Å². The molecule has 0 atom stereocenters. The van der Waals surface area contributed by atoms with Gasteiger partial charge in [0.2, 0.25) is 0 Å². The van der Waals surface area contributed by atoms with E-state index in [0.29, 0.717) is 20.2 Å². The van der Waals surface area contributed by atoms with Crippen molar-refractivity contribution in [3.63, 3.8) is 0 Å². The van der Waals surface area contributed by atoms with E-state index in [-0.39, 0.29) is 38.5 Å². The predicted molar refractivity (Wildman–Crippen MR) is 252 cm³/mol. The number of rotatable bonds is 8. The molecule has 8 aliphatic rings. The molecule has 0 heterocycles. The van der Waals surface area contributed by atoms with Crippen molar-refractivity contribution in [2.75, 3.05) is 0 Å². The Balaban J connectivity index is 0.000000240. The van der Waals surface area contributed by atoms with Crippen molar-refractivity contribution in [2.24, 2.45) is 46.3 Å².